The first-order valence-corrected chi connectivity index (χ1v) is 8.67. The molecule has 1 amide bonds. The maximum atomic E-state index is 12.8. The van der Waals surface area contributed by atoms with Crippen LogP contribution in [0, 0.1) is 10.5 Å². The monoisotopic (exact) mass is 397 g/mol. The second kappa shape index (κ2) is 5.48. The third-order valence-electron chi connectivity index (χ3n) is 3.96. The molecule has 1 aliphatic rings. The van der Waals surface area contributed by atoms with Crippen molar-refractivity contribution in [2.45, 2.75) is 26.3 Å². The lowest BCUT2D eigenvalue weighted by Crippen LogP contribution is -2.38. The van der Waals surface area contributed by atoms with Crippen LogP contribution in [0.15, 0.2) is 29.6 Å². The van der Waals surface area contributed by atoms with Gasteiger partial charge in [0.25, 0.3) is 5.91 Å². The fraction of sp³-hybridized carbons (Fsp3) is 0.312. The van der Waals surface area contributed by atoms with E-state index in [1.807, 2.05) is 17.0 Å². The first kappa shape index (κ1) is 14.1. The van der Waals surface area contributed by atoms with Crippen molar-refractivity contribution in [3.63, 3.8) is 0 Å². The molecule has 0 radical (unpaired) electrons. The summed E-state index contributed by atoms with van der Waals surface area (Å²) >= 11 is 4.08. The Labute approximate surface area is 136 Å². The van der Waals surface area contributed by atoms with E-state index in [9.17, 15) is 4.79 Å². The molecule has 2 nitrogen and oxygen atoms in total. The summed E-state index contributed by atoms with van der Waals surface area (Å²) in [6.07, 6.45) is 0.978. The van der Waals surface area contributed by atoms with E-state index in [0.29, 0.717) is 0 Å². The second-order valence-electron chi connectivity index (χ2n) is 5.16. The van der Waals surface area contributed by atoms with E-state index in [0.717, 1.165) is 27.7 Å². The van der Waals surface area contributed by atoms with Gasteiger partial charge in [-0.25, -0.2) is 0 Å². The molecule has 0 saturated heterocycles. The van der Waals surface area contributed by atoms with Gasteiger partial charge in [0.05, 0.1) is 11.6 Å². The van der Waals surface area contributed by atoms with Crippen molar-refractivity contribution >= 4 is 39.8 Å². The molecule has 0 spiro atoms. The molecule has 0 N–H and O–H groups in total. The highest BCUT2D eigenvalue weighted by Crippen LogP contribution is 2.34. The lowest BCUT2D eigenvalue weighted by atomic mass is 10.00. The molecule has 104 valence electrons. The number of benzene rings is 1. The fourth-order valence-electron chi connectivity index (χ4n) is 2.75. The van der Waals surface area contributed by atoms with Crippen LogP contribution >= 0.6 is 33.9 Å². The molecule has 1 atom stereocenters. The summed E-state index contributed by atoms with van der Waals surface area (Å²) in [6, 6.07) is 8.29. The Bertz CT molecular complexity index is 664. The summed E-state index contributed by atoms with van der Waals surface area (Å²) in [6.45, 7) is 5.00. The van der Waals surface area contributed by atoms with Crippen molar-refractivity contribution in [1.29, 1.82) is 0 Å². The largest absolute Gasteiger partial charge is 0.331 e. The van der Waals surface area contributed by atoms with Crippen LogP contribution in [-0.4, -0.2) is 17.4 Å². The number of carbonyl (C=O) groups is 1. The molecule has 1 unspecified atom stereocenters. The molecule has 20 heavy (non-hydrogen) atoms. The number of halogens is 1. The zero-order valence-electron chi connectivity index (χ0n) is 11.5. The molecule has 4 heteroatoms. The number of thiophene rings is 1. The Hall–Kier alpha value is -0.880. The third kappa shape index (κ3) is 2.29. The molecular weight excluding hydrogens is 381 g/mol. The minimum atomic E-state index is 0.155. The predicted octanol–water partition coefficient (Wildman–Crippen LogP) is 4.42. The van der Waals surface area contributed by atoms with E-state index < -0.39 is 0 Å². The van der Waals surface area contributed by atoms with Crippen molar-refractivity contribution in [2.75, 3.05) is 6.54 Å². The van der Waals surface area contributed by atoms with Crippen LogP contribution in [0.1, 0.15) is 39.3 Å². The van der Waals surface area contributed by atoms with Gasteiger partial charge in [-0.05, 0) is 71.5 Å². The third-order valence-corrected chi connectivity index (χ3v) is 6.39. The van der Waals surface area contributed by atoms with Gasteiger partial charge >= 0.3 is 0 Å². The van der Waals surface area contributed by atoms with Crippen LogP contribution in [0.4, 0.5) is 0 Å². The summed E-state index contributed by atoms with van der Waals surface area (Å²) in [4.78, 5) is 16.3. The van der Waals surface area contributed by atoms with Crippen LogP contribution in [0.25, 0.3) is 0 Å². The average molecular weight is 397 g/mol. The van der Waals surface area contributed by atoms with Gasteiger partial charge in [0.2, 0.25) is 0 Å². The zero-order valence-corrected chi connectivity index (χ0v) is 14.5. The van der Waals surface area contributed by atoms with E-state index in [2.05, 4.69) is 54.0 Å². The summed E-state index contributed by atoms with van der Waals surface area (Å²) in [5.41, 5.74) is 3.31. The minimum absolute atomic E-state index is 0.155. The van der Waals surface area contributed by atoms with E-state index in [1.54, 1.807) is 11.3 Å². The highest BCUT2D eigenvalue weighted by molar-refractivity contribution is 14.1. The topological polar surface area (TPSA) is 20.3 Å². The highest BCUT2D eigenvalue weighted by Gasteiger charge is 2.29. The number of nitrogens with zero attached hydrogens (tertiary/aromatic N) is 1. The zero-order chi connectivity index (χ0) is 14.3. The predicted molar refractivity (Wildman–Crippen MR) is 91.4 cm³/mol. The summed E-state index contributed by atoms with van der Waals surface area (Å²) < 4.78 is 1.07. The normalized spacial score (nSPS) is 17.9. The molecular formula is C16H16INOS. The van der Waals surface area contributed by atoms with Gasteiger partial charge in [-0.1, -0.05) is 12.1 Å². The molecule has 2 aromatic rings. The highest BCUT2D eigenvalue weighted by atomic mass is 127. The van der Waals surface area contributed by atoms with E-state index in [1.165, 1.54) is 10.4 Å². The SMILES string of the molecule is Cc1cccc(C(=O)N2CCc3sccc3C2C)c1I. The van der Waals surface area contributed by atoms with Gasteiger partial charge in [-0.15, -0.1) is 11.3 Å². The van der Waals surface area contributed by atoms with Crippen molar-refractivity contribution in [2.24, 2.45) is 0 Å². The number of hydrogen-bond acceptors (Lipinski definition) is 2. The Kier molecular flexibility index (Phi) is 3.86. The summed E-state index contributed by atoms with van der Waals surface area (Å²) in [5, 5.41) is 2.13. The molecule has 0 fully saturated rings. The van der Waals surface area contributed by atoms with Crippen LogP contribution in [-0.2, 0) is 6.42 Å². The first-order valence-electron chi connectivity index (χ1n) is 6.72. The number of hydrogen-bond donors (Lipinski definition) is 0. The lowest BCUT2D eigenvalue weighted by molar-refractivity contribution is 0.0678. The van der Waals surface area contributed by atoms with Crippen molar-refractivity contribution in [1.82, 2.24) is 4.90 Å². The van der Waals surface area contributed by atoms with Gasteiger partial charge in [0.1, 0.15) is 0 Å². The van der Waals surface area contributed by atoms with Crippen LogP contribution in [0.5, 0.6) is 0 Å². The molecule has 3 rings (SSSR count). The van der Waals surface area contributed by atoms with E-state index in [4.69, 9.17) is 0 Å². The van der Waals surface area contributed by atoms with Crippen molar-refractivity contribution in [3.05, 3.63) is 54.8 Å². The number of amides is 1. The number of fused-ring (bicyclic) bond motifs is 1. The van der Waals surface area contributed by atoms with Gasteiger partial charge in [0.15, 0.2) is 0 Å². The van der Waals surface area contributed by atoms with Gasteiger partial charge in [-0.3, -0.25) is 4.79 Å². The number of rotatable bonds is 1. The van der Waals surface area contributed by atoms with Crippen LogP contribution in [0.3, 0.4) is 0 Å². The molecule has 0 bridgehead atoms. The number of aryl methyl sites for hydroxylation is 1. The molecule has 0 aliphatic carbocycles. The van der Waals surface area contributed by atoms with Gasteiger partial charge in [-0.2, -0.15) is 0 Å². The van der Waals surface area contributed by atoms with Gasteiger partial charge < -0.3 is 4.90 Å². The van der Waals surface area contributed by atoms with Gasteiger partial charge in [0, 0.05) is 15.0 Å². The van der Waals surface area contributed by atoms with E-state index in [-0.39, 0.29) is 11.9 Å². The maximum Gasteiger partial charge on any atom is 0.255 e. The Morgan fingerprint density at radius 2 is 2.20 bits per heavy atom. The molecule has 0 saturated carbocycles. The summed E-state index contributed by atoms with van der Waals surface area (Å²) in [7, 11) is 0. The Balaban J connectivity index is 1.94. The minimum Gasteiger partial charge on any atom is -0.331 e. The molecule has 1 aliphatic heterocycles. The Morgan fingerprint density at radius 1 is 1.40 bits per heavy atom. The first-order chi connectivity index (χ1) is 9.59. The second-order valence-corrected chi connectivity index (χ2v) is 7.24. The number of carbonyl (C=O) groups excluding carboxylic acids is 1. The fourth-order valence-corrected chi connectivity index (χ4v) is 4.31. The van der Waals surface area contributed by atoms with Crippen LogP contribution in [0.2, 0.25) is 0 Å². The Morgan fingerprint density at radius 3 is 3.00 bits per heavy atom. The van der Waals surface area contributed by atoms with Crippen molar-refractivity contribution < 1.29 is 4.79 Å². The summed E-state index contributed by atoms with van der Waals surface area (Å²) in [5.74, 6) is 0.155. The maximum absolute atomic E-state index is 12.8. The van der Waals surface area contributed by atoms with E-state index >= 15 is 0 Å². The van der Waals surface area contributed by atoms with Crippen LogP contribution < -0.4 is 0 Å². The quantitative estimate of drug-likeness (QED) is 0.653. The molecule has 1 aromatic heterocycles. The smallest absolute Gasteiger partial charge is 0.255 e. The average Bonchev–Trinajstić information content (AvgIpc) is 2.91. The van der Waals surface area contributed by atoms with Crippen molar-refractivity contribution in [3.8, 4) is 0 Å². The molecule has 1 aromatic carbocycles. The lowest BCUT2D eigenvalue weighted by Gasteiger charge is -2.34. The molecule has 2 heterocycles. The standard InChI is InChI=1S/C16H16INOS/c1-10-4-3-5-13(15(10)17)16(19)18-8-6-14-12(11(18)2)7-9-20-14/h3-5,7,9,11H,6,8H2,1-2H3.